The number of carbonyl (C=O) groups is 1. The topological polar surface area (TPSA) is 62.2 Å². The van der Waals surface area contributed by atoms with Gasteiger partial charge in [0.05, 0.1) is 0 Å². The van der Waals surface area contributed by atoms with E-state index >= 15 is 0 Å². The van der Waals surface area contributed by atoms with Gasteiger partial charge in [-0.3, -0.25) is 4.79 Å². The Morgan fingerprint density at radius 1 is 1.33 bits per heavy atom. The van der Waals surface area contributed by atoms with Crippen LogP contribution in [0.1, 0.15) is 15.9 Å². The largest absolute Gasteiger partial charge is 0.508 e. The molecule has 0 aliphatic carbocycles. The molecule has 0 atom stereocenters. The number of nitrogens with one attached hydrogen (secondary N) is 1. The van der Waals surface area contributed by atoms with Crippen LogP contribution in [0.3, 0.4) is 0 Å². The number of anilines is 1. The molecule has 4 nitrogen and oxygen atoms in total. The molecule has 92 valence electrons. The minimum absolute atomic E-state index is 0.160. The number of phenols is 1. The third kappa shape index (κ3) is 2.78. The minimum Gasteiger partial charge on any atom is -0.508 e. The molecule has 18 heavy (non-hydrogen) atoms. The van der Waals surface area contributed by atoms with Crippen molar-refractivity contribution in [3.8, 4) is 5.75 Å². The molecular formula is C13H11ClN2O2. The first-order valence-electron chi connectivity index (χ1n) is 5.30. The Morgan fingerprint density at radius 3 is 2.78 bits per heavy atom. The molecule has 0 unspecified atom stereocenters. The molecule has 0 aliphatic rings. The Balaban J connectivity index is 2.19. The summed E-state index contributed by atoms with van der Waals surface area (Å²) in [7, 11) is 0. The maximum absolute atomic E-state index is 11.9. The zero-order valence-electron chi connectivity index (χ0n) is 9.64. The lowest BCUT2D eigenvalue weighted by atomic mass is 10.1. The first kappa shape index (κ1) is 12.4. The van der Waals surface area contributed by atoms with Gasteiger partial charge in [0.15, 0.2) is 0 Å². The van der Waals surface area contributed by atoms with E-state index in [9.17, 15) is 9.90 Å². The number of aromatic hydroxyl groups is 1. The molecule has 0 radical (unpaired) electrons. The van der Waals surface area contributed by atoms with Crippen molar-refractivity contribution in [2.75, 3.05) is 5.32 Å². The van der Waals surface area contributed by atoms with Crippen molar-refractivity contribution < 1.29 is 9.90 Å². The predicted octanol–water partition coefficient (Wildman–Crippen LogP) is 3.00. The number of rotatable bonds is 2. The molecule has 2 N–H and O–H groups in total. The molecule has 0 fully saturated rings. The van der Waals surface area contributed by atoms with Crippen molar-refractivity contribution in [3.63, 3.8) is 0 Å². The van der Waals surface area contributed by atoms with E-state index in [0.717, 1.165) is 0 Å². The number of aromatic nitrogens is 1. The van der Waals surface area contributed by atoms with Crippen molar-refractivity contribution in [1.82, 2.24) is 4.98 Å². The van der Waals surface area contributed by atoms with E-state index in [4.69, 9.17) is 11.6 Å². The summed E-state index contributed by atoms with van der Waals surface area (Å²) < 4.78 is 0. The maximum Gasteiger partial charge on any atom is 0.256 e. The number of carbonyl (C=O) groups excluding carboxylic acids is 1. The van der Waals surface area contributed by atoms with Gasteiger partial charge < -0.3 is 10.4 Å². The van der Waals surface area contributed by atoms with Gasteiger partial charge in [0, 0.05) is 5.56 Å². The van der Waals surface area contributed by atoms with Gasteiger partial charge in [-0.2, -0.15) is 0 Å². The molecule has 1 aromatic carbocycles. The summed E-state index contributed by atoms with van der Waals surface area (Å²) in [5.41, 5.74) is 1.09. The fourth-order valence-electron chi connectivity index (χ4n) is 1.46. The molecule has 0 bridgehead atoms. The zero-order chi connectivity index (χ0) is 13.1. The smallest absolute Gasteiger partial charge is 0.256 e. The fourth-order valence-corrected chi connectivity index (χ4v) is 1.63. The second-order valence-corrected chi connectivity index (χ2v) is 4.19. The first-order chi connectivity index (χ1) is 8.56. The van der Waals surface area contributed by atoms with Crippen molar-refractivity contribution in [3.05, 3.63) is 52.7 Å². The van der Waals surface area contributed by atoms with Crippen LogP contribution in [0.2, 0.25) is 5.15 Å². The van der Waals surface area contributed by atoms with Gasteiger partial charge in [-0.15, -0.1) is 0 Å². The summed E-state index contributed by atoms with van der Waals surface area (Å²) in [6, 6.07) is 9.61. The summed E-state index contributed by atoms with van der Waals surface area (Å²) in [4.78, 5) is 15.9. The number of hydrogen-bond acceptors (Lipinski definition) is 3. The van der Waals surface area contributed by atoms with Crippen LogP contribution in [0, 0.1) is 6.92 Å². The zero-order valence-corrected chi connectivity index (χ0v) is 10.4. The molecular weight excluding hydrogens is 252 g/mol. The molecule has 5 heteroatoms. The van der Waals surface area contributed by atoms with Crippen molar-refractivity contribution in [1.29, 1.82) is 0 Å². The van der Waals surface area contributed by atoms with Gasteiger partial charge >= 0.3 is 0 Å². The molecule has 1 amide bonds. The Hall–Kier alpha value is -2.07. The highest BCUT2D eigenvalue weighted by molar-refractivity contribution is 6.29. The molecule has 0 aliphatic heterocycles. The van der Waals surface area contributed by atoms with Gasteiger partial charge in [-0.05, 0) is 42.8 Å². The molecule has 0 saturated carbocycles. The standard InChI is InChI=1S/C13H11ClN2O2/c1-8-7-9(5-6-10(8)17)13(18)16-12-4-2-3-11(14)15-12/h2-7,17H,1H3,(H,15,16,18). The maximum atomic E-state index is 11.9. The summed E-state index contributed by atoms with van der Waals surface area (Å²) in [5, 5.41) is 12.3. The van der Waals surface area contributed by atoms with Crippen LogP contribution >= 0.6 is 11.6 Å². The summed E-state index contributed by atoms with van der Waals surface area (Å²) >= 11 is 5.72. The normalized spacial score (nSPS) is 10.1. The Labute approximate surface area is 109 Å². The highest BCUT2D eigenvalue weighted by Gasteiger charge is 2.08. The lowest BCUT2D eigenvalue weighted by molar-refractivity contribution is 0.102. The van der Waals surface area contributed by atoms with Gasteiger partial charge in [0.1, 0.15) is 16.7 Å². The monoisotopic (exact) mass is 262 g/mol. The van der Waals surface area contributed by atoms with Gasteiger partial charge in [0.2, 0.25) is 0 Å². The molecule has 1 heterocycles. The van der Waals surface area contributed by atoms with Crippen LogP contribution in [0.4, 0.5) is 5.82 Å². The van der Waals surface area contributed by atoms with E-state index in [1.54, 1.807) is 37.3 Å². The molecule has 0 saturated heterocycles. The van der Waals surface area contributed by atoms with E-state index in [-0.39, 0.29) is 11.7 Å². The fraction of sp³-hybridized carbons (Fsp3) is 0.0769. The average molecular weight is 263 g/mol. The van der Waals surface area contributed by atoms with Gasteiger partial charge in [0.25, 0.3) is 5.91 Å². The van der Waals surface area contributed by atoms with Crippen LogP contribution in [0.15, 0.2) is 36.4 Å². The summed E-state index contributed by atoms with van der Waals surface area (Å²) in [6.07, 6.45) is 0. The Kier molecular flexibility index (Phi) is 3.48. The van der Waals surface area contributed by atoms with Gasteiger partial charge in [-0.25, -0.2) is 4.98 Å². The van der Waals surface area contributed by atoms with Gasteiger partial charge in [-0.1, -0.05) is 17.7 Å². The van der Waals surface area contributed by atoms with Crippen molar-refractivity contribution in [2.45, 2.75) is 6.92 Å². The Bertz CT molecular complexity index is 599. The number of halogens is 1. The number of amides is 1. The lowest BCUT2D eigenvalue weighted by Crippen LogP contribution is -2.13. The molecule has 0 spiro atoms. The second-order valence-electron chi connectivity index (χ2n) is 3.80. The van der Waals surface area contributed by atoms with E-state index in [1.165, 1.54) is 6.07 Å². The minimum atomic E-state index is -0.298. The SMILES string of the molecule is Cc1cc(C(=O)Nc2cccc(Cl)n2)ccc1O. The van der Waals surface area contributed by atoms with Crippen LogP contribution in [0.5, 0.6) is 5.75 Å². The van der Waals surface area contributed by atoms with E-state index in [2.05, 4.69) is 10.3 Å². The number of hydrogen-bond donors (Lipinski definition) is 2. The first-order valence-corrected chi connectivity index (χ1v) is 5.67. The molecule has 2 rings (SSSR count). The van der Waals surface area contributed by atoms with E-state index < -0.39 is 0 Å². The highest BCUT2D eigenvalue weighted by Crippen LogP contribution is 2.18. The predicted molar refractivity (Wildman–Crippen MR) is 70.0 cm³/mol. The number of pyridine rings is 1. The number of phenolic OH excluding ortho intramolecular Hbond substituents is 1. The van der Waals surface area contributed by atoms with Crippen LogP contribution in [0.25, 0.3) is 0 Å². The third-order valence-corrected chi connectivity index (χ3v) is 2.63. The Morgan fingerprint density at radius 2 is 2.11 bits per heavy atom. The average Bonchev–Trinajstić information content (AvgIpc) is 2.32. The lowest BCUT2D eigenvalue weighted by Gasteiger charge is -2.06. The van der Waals surface area contributed by atoms with Crippen LogP contribution in [-0.4, -0.2) is 16.0 Å². The molecule has 1 aromatic heterocycles. The van der Waals surface area contributed by atoms with Crippen LogP contribution in [-0.2, 0) is 0 Å². The number of nitrogens with zero attached hydrogens (tertiary/aromatic N) is 1. The highest BCUT2D eigenvalue weighted by atomic mass is 35.5. The number of aryl methyl sites for hydroxylation is 1. The van der Waals surface area contributed by atoms with Crippen molar-refractivity contribution >= 4 is 23.3 Å². The third-order valence-electron chi connectivity index (χ3n) is 2.42. The van der Waals surface area contributed by atoms with Crippen molar-refractivity contribution in [2.24, 2.45) is 0 Å². The van der Waals surface area contributed by atoms with E-state index in [1.807, 2.05) is 0 Å². The second kappa shape index (κ2) is 5.06. The summed E-state index contributed by atoms with van der Waals surface area (Å²) in [6.45, 7) is 1.73. The number of benzene rings is 1. The quantitative estimate of drug-likeness (QED) is 0.818. The summed E-state index contributed by atoms with van der Waals surface area (Å²) in [5.74, 6) is 0.249. The van der Waals surface area contributed by atoms with E-state index in [0.29, 0.717) is 22.1 Å². The molecule has 2 aromatic rings. The van der Waals surface area contributed by atoms with Crippen LogP contribution < -0.4 is 5.32 Å².